The van der Waals surface area contributed by atoms with Crippen molar-refractivity contribution in [2.45, 2.75) is 26.3 Å². The van der Waals surface area contributed by atoms with Crippen molar-refractivity contribution in [2.24, 2.45) is 0 Å². The summed E-state index contributed by atoms with van der Waals surface area (Å²) in [5.74, 6) is 0.859. The maximum Gasteiger partial charge on any atom is 0.144 e. The van der Waals surface area contributed by atoms with E-state index in [1.807, 2.05) is 12.4 Å². The molecule has 104 valence electrons. The molecule has 1 aromatic carbocycles. The van der Waals surface area contributed by atoms with Crippen LogP contribution in [0.1, 0.15) is 24.6 Å². The monoisotopic (exact) mass is 268 g/mol. The Morgan fingerprint density at radius 3 is 2.90 bits per heavy atom. The SMILES string of the molecule is CCCNc1cnc(CN2CCc3ccccc32)cn1. The van der Waals surface area contributed by atoms with E-state index in [9.17, 15) is 0 Å². The maximum absolute atomic E-state index is 4.50. The minimum absolute atomic E-state index is 0.831. The summed E-state index contributed by atoms with van der Waals surface area (Å²) < 4.78 is 0. The van der Waals surface area contributed by atoms with Crippen LogP contribution in [0.3, 0.4) is 0 Å². The highest BCUT2D eigenvalue weighted by Gasteiger charge is 2.18. The van der Waals surface area contributed by atoms with Crippen molar-refractivity contribution in [3.8, 4) is 0 Å². The largest absolute Gasteiger partial charge is 0.369 e. The van der Waals surface area contributed by atoms with Crippen molar-refractivity contribution >= 4 is 11.5 Å². The molecule has 3 rings (SSSR count). The Bertz CT molecular complexity index is 565. The number of anilines is 2. The number of fused-ring (bicyclic) bond motifs is 1. The first-order valence-corrected chi connectivity index (χ1v) is 7.24. The van der Waals surface area contributed by atoms with E-state index in [0.29, 0.717) is 0 Å². The van der Waals surface area contributed by atoms with E-state index in [1.54, 1.807) is 0 Å². The van der Waals surface area contributed by atoms with E-state index in [2.05, 4.69) is 51.4 Å². The number of aromatic nitrogens is 2. The van der Waals surface area contributed by atoms with Crippen LogP contribution < -0.4 is 10.2 Å². The van der Waals surface area contributed by atoms with Gasteiger partial charge in [-0.05, 0) is 24.5 Å². The molecule has 1 aromatic heterocycles. The molecule has 0 unspecified atom stereocenters. The van der Waals surface area contributed by atoms with Crippen LogP contribution in [0.4, 0.5) is 11.5 Å². The van der Waals surface area contributed by atoms with Gasteiger partial charge in [0.25, 0.3) is 0 Å². The third-order valence-electron chi connectivity index (χ3n) is 3.60. The normalized spacial score (nSPS) is 13.3. The third-order valence-corrected chi connectivity index (χ3v) is 3.60. The average molecular weight is 268 g/mol. The molecule has 0 saturated carbocycles. The number of benzene rings is 1. The molecule has 1 aliphatic heterocycles. The van der Waals surface area contributed by atoms with E-state index in [0.717, 1.165) is 44.0 Å². The molecule has 4 nitrogen and oxygen atoms in total. The lowest BCUT2D eigenvalue weighted by Gasteiger charge is -2.18. The van der Waals surface area contributed by atoms with E-state index < -0.39 is 0 Å². The molecule has 0 saturated heterocycles. The van der Waals surface area contributed by atoms with Crippen molar-refractivity contribution in [1.29, 1.82) is 0 Å². The fraction of sp³-hybridized carbons (Fsp3) is 0.375. The summed E-state index contributed by atoms with van der Waals surface area (Å²) >= 11 is 0. The Balaban J connectivity index is 1.67. The van der Waals surface area contributed by atoms with Crippen molar-refractivity contribution in [3.63, 3.8) is 0 Å². The topological polar surface area (TPSA) is 41.1 Å². The summed E-state index contributed by atoms with van der Waals surface area (Å²) in [5, 5.41) is 3.24. The Labute approximate surface area is 119 Å². The van der Waals surface area contributed by atoms with E-state index in [1.165, 1.54) is 11.3 Å². The van der Waals surface area contributed by atoms with Gasteiger partial charge in [-0.15, -0.1) is 0 Å². The zero-order valence-electron chi connectivity index (χ0n) is 11.8. The van der Waals surface area contributed by atoms with Gasteiger partial charge in [-0.1, -0.05) is 25.1 Å². The summed E-state index contributed by atoms with van der Waals surface area (Å²) in [6, 6.07) is 8.60. The zero-order valence-corrected chi connectivity index (χ0v) is 11.8. The van der Waals surface area contributed by atoms with Gasteiger partial charge in [-0.25, -0.2) is 4.98 Å². The number of para-hydroxylation sites is 1. The Morgan fingerprint density at radius 2 is 2.10 bits per heavy atom. The van der Waals surface area contributed by atoms with Crippen LogP contribution >= 0.6 is 0 Å². The lowest BCUT2D eigenvalue weighted by atomic mass is 10.2. The minimum atomic E-state index is 0.831. The first kappa shape index (κ1) is 12.9. The van der Waals surface area contributed by atoms with Crippen molar-refractivity contribution in [2.75, 3.05) is 23.3 Å². The Kier molecular flexibility index (Phi) is 3.81. The van der Waals surface area contributed by atoms with Crippen LogP contribution in [0, 0.1) is 0 Å². The summed E-state index contributed by atoms with van der Waals surface area (Å²) in [5.41, 5.74) is 3.79. The minimum Gasteiger partial charge on any atom is -0.369 e. The second kappa shape index (κ2) is 5.90. The average Bonchev–Trinajstić information content (AvgIpc) is 2.90. The molecule has 20 heavy (non-hydrogen) atoms. The van der Waals surface area contributed by atoms with Gasteiger partial charge in [0.2, 0.25) is 0 Å². The summed E-state index contributed by atoms with van der Waals surface area (Å²) in [6.07, 6.45) is 5.92. The first-order valence-electron chi connectivity index (χ1n) is 7.24. The molecule has 1 N–H and O–H groups in total. The van der Waals surface area contributed by atoms with Gasteiger partial charge in [0, 0.05) is 18.8 Å². The number of hydrogen-bond acceptors (Lipinski definition) is 4. The van der Waals surface area contributed by atoms with Crippen LogP contribution in [-0.2, 0) is 13.0 Å². The Hall–Kier alpha value is -2.10. The van der Waals surface area contributed by atoms with E-state index >= 15 is 0 Å². The number of nitrogens with one attached hydrogen (secondary N) is 1. The van der Waals surface area contributed by atoms with E-state index in [-0.39, 0.29) is 0 Å². The molecule has 0 bridgehead atoms. The highest BCUT2D eigenvalue weighted by molar-refractivity contribution is 5.57. The van der Waals surface area contributed by atoms with Gasteiger partial charge in [-0.3, -0.25) is 4.98 Å². The van der Waals surface area contributed by atoms with Crippen molar-refractivity contribution in [1.82, 2.24) is 9.97 Å². The fourth-order valence-electron chi connectivity index (χ4n) is 2.55. The third kappa shape index (κ3) is 2.74. The smallest absolute Gasteiger partial charge is 0.144 e. The molecule has 0 atom stereocenters. The molecule has 2 aromatic rings. The van der Waals surface area contributed by atoms with Crippen LogP contribution in [0.2, 0.25) is 0 Å². The highest BCUT2D eigenvalue weighted by atomic mass is 15.2. The molecule has 0 fully saturated rings. The molecule has 0 aliphatic carbocycles. The van der Waals surface area contributed by atoms with E-state index in [4.69, 9.17) is 0 Å². The summed E-state index contributed by atoms with van der Waals surface area (Å²) in [6.45, 7) is 4.97. The van der Waals surface area contributed by atoms with Crippen LogP contribution in [0.15, 0.2) is 36.7 Å². The highest BCUT2D eigenvalue weighted by Crippen LogP contribution is 2.28. The molecule has 0 radical (unpaired) electrons. The van der Waals surface area contributed by atoms with Gasteiger partial charge >= 0.3 is 0 Å². The molecule has 0 spiro atoms. The predicted molar refractivity (Wildman–Crippen MR) is 82.0 cm³/mol. The van der Waals surface area contributed by atoms with Gasteiger partial charge in [0.15, 0.2) is 0 Å². The maximum atomic E-state index is 4.50. The Morgan fingerprint density at radius 1 is 1.20 bits per heavy atom. The van der Waals surface area contributed by atoms with Crippen molar-refractivity contribution in [3.05, 3.63) is 47.9 Å². The molecular formula is C16H20N4. The first-order chi connectivity index (χ1) is 9.86. The molecule has 4 heteroatoms. The molecule has 0 amide bonds. The van der Waals surface area contributed by atoms with Gasteiger partial charge in [0.05, 0.1) is 24.6 Å². The lowest BCUT2D eigenvalue weighted by molar-refractivity contribution is 0.808. The van der Waals surface area contributed by atoms with Gasteiger partial charge < -0.3 is 10.2 Å². The summed E-state index contributed by atoms with van der Waals surface area (Å²) in [4.78, 5) is 11.3. The molecule has 2 heterocycles. The zero-order chi connectivity index (χ0) is 13.8. The fourth-order valence-corrected chi connectivity index (χ4v) is 2.55. The predicted octanol–water partition coefficient (Wildman–Crippen LogP) is 2.86. The number of hydrogen-bond donors (Lipinski definition) is 1. The standard InChI is InChI=1S/C16H20N4/c1-2-8-17-16-11-18-14(10-19-16)12-20-9-7-13-5-3-4-6-15(13)20/h3-6,10-11H,2,7-9,12H2,1H3,(H,17,19). The second-order valence-electron chi connectivity index (χ2n) is 5.12. The van der Waals surface area contributed by atoms with Gasteiger partial charge in [0.1, 0.15) is 5.82 Å². The summed E-state index contributed by atoms with van der Waals surface area (Å²) in [7, 11) is 0. The number of rotatable bonds is 5. The van der Waals surface area contributed by atoms with Crippen LogP contribution in [0.5, 0.6) is 0 Å². The molecular weight excluding hydrogens is 248 g/mol. The quantitative estimate of drug-likeness (QED) is 0.905. The number of nitrogens with zero attached hydrogens (tertiary/aromatic N) is 3. The van der Waals surface area contributed by atoms with Crippen LogP contribution in [-0.4, -0.2) is 23.1 Å². The second-order valence-corrected chi connectivity index (χ2v) is 5.12. The lowest BCUT2D eigenvalue weighted by Crippen LogP contribution is -2.20. The van der Waals surface area contributed by atoms with Crippen LogP contribution in [0.25, 0.3) is 0 Å². The molecule has 1 aliphatic rings. The van der Waals surface area contributed by atoms with Gasteiger partial charge in [-0.2, -0.15) is 0 Å². The van der Waals surface area contributed by atoms with Crippen molar-refractivity contribution < 1.29 is 0 Å².